The lowest BCUT2D eigenvalue weighted by molar-refractivity contribution is -0.117. The molecule has 0 spiro atoms. The molecule has 0 aromatic heterocycles. The van der Waals surface area contributed by atoms with Crippen LogP contribution in [-0.4, -0.2) is 31.6 Å². The fourth-order valence-corrected chi connectivity index (χ4v) is 3.94. The molecule has 0 aliphatic heterocycles. The van der Waals surface area contributed by atoms with Gasteiger partial charge in [0.1, 0.15) is 0 Å². The Balaban J connectivity index is 2.42. The molecular formula is C11H16N2O3S2. The van der Waals surface area contributed by atoms with Gasteiger partial charge in [-0.3, -0.25) is 4.79 Å². The third-order valence-electron chi connectivity index (χ3n) is 2.23. The lowest BCUT2D eigenvalue weighted by Gasteiger charge is -2.05. The molecule has 0 radical (unpaired) electrons. The van der Waals surface area contributed by atoms with Crippen LogP contribution >= 0.6 is 11.8 Å². The molecule has 0 saturated heterocycles. The molecule has 7 heteroatoms. The number of carbonyl (C=O) groups is 1. The Morgan fingerprint density at radius 3 is 2.50 bits per heavy atom. The van der Waals surface area contributed by atoms with Crippen LogP contribution in [0.15, 0.2) is 29.2 Å². The summed E-state index contributed by atoms with van der Waals surface area (Å²) in [5.74, 6) is -0.361. The van der Waals surface area contributed by atoms with Gasteiger partial charge in [-0.1, -0.05) is 12.1 Å². The average molecular weight is 288 g/mol. The number of benzene rings is 1. The first kappa shape index (κ1) is 14.8. The summed E-state index contributed by atoms with van der Waals surface area (Å²) >= 11 is 1.39. The van der Waals surface area contributed by atoms with E-state index in [0.717, 1.165) is 4.90 Å². The Morgan fingerprint density at radius 1 is 1.22 bits per heavy atom. The van der Waals surface area contributed by atoms with Gasteiger partial charge in [-0.15, -0.1) is 11.8 Å². The van der Waals surface area contributed by atoms with E-state index >= 15 is 0 Å². The van der Waals surface area contributed by atoms with Crippen LogP contribution in [0, 0.1) is 0 Å². The molecule has 0 fully saturated rings. The summed E-state index contributed by atoms with van der Waals surface area (Å²) in [6.45, 7) is 0. The minimum atomic E-state index is -3.22. The second-order valence-corrected chi connectivity index (χ2v) is 7.19. The number of para-hydroxylation sites is 1. The summed E-state index contributed by atoms with van der Waals surface area (Å²) in [5.41, 5.74) is 11.3. The zero-order valence-corrected chi connectivity index (χ0v) is 11.5. The van der Waals surface area contributed by atoms with Crippen LogP contribution < -0.4 is 11.5 Å². The first-order valence-electron chi connectivity index (χ1n) is 5.37. The van der Waals surface area contributed by atoms with Crippen molar-refractivity contribution in [2.24, 2.45) is 5.73 Å². The average Bonchev–Trinajstić information content (AvgIpc) is 2.29. The molecule has 1 rings (SSSR count). The first-order chi connectivity index (χ1) is 8.41. The van der Waals surface area contributed by atoms with Gasteiger partial charge >= 0.3 is 0 Å². The van der Waals surface area contributed by atoms with Crippen LogP contribution in [0.2, 0.25) is 0 Å². The van der Waals surface area contributed by atoms with Crippen LogP contribution in [-0.2, 0) is 14.6 Å². The van der Waals surface area contributed by atoms with Crippen molar-refractivity contribution < 1.29 is 13.2 Å². The summed E-state index contributed by atoms with van der Waals surface area (Å²) in [6, 6.07) is 7.28. The largest absolute Gasteiger partial charge is 0.398 e. The van der Waals surface area contributed by atoms with Crippen molar-refractivity contribution in [2.45, 2.75) is 11.3 Å². The second kappa shape index (κ2) is 6.65. The number of hydrogen-bond donors (Lipinski definition) is 2. The van der Waals surface area contributed by atoms with Crippen molar-refractivity contribution in [2.75, 3.05) is 23.0 Å². The van der Waals surface area contributed by atoms with E-state index in [2.05, 4.69) is 0 Å². The highest BCUT2D eigenvalue weighted by Gasteiger charge is 2.12. The van der Waals surface area contributed by atoms with E-state index in [9.17, 15) is 13.2 Å². The lowest BCUT2D eigenvalue weighted by Crippen LogP contribution is -2.19. The number of sulfone groups is 1. The van der Waals surface area contributed by atoms with Crippen LogP contribution in [0.5, 0.6) is 0 Å². The van der Waals surface area contributed by atoms with Crippen molar-refractivity contribution in [1.82, 2.24) is 0 Å². The third-order valence-corrected chi connectivity index (χ3v) is 5.23. The van der Waals surface area contributed by atoms with E-state index in [1.807, 2.05) is 18.2 Å². The highest BCUT2D eigenvalue weighted by molar-refractivity contribution is 8.00. The lowest BCUT2D eigenvalue weighted by atomic mass is 10.3. The number of carbonyl (C=O) groups excluding carboxylic acids is 1. The van der Waals surface area contributed by atoms with Gasteiger partial charge < -0.3 is 11.5 Å². The second-order valence-electron chi connectivity index (χ2n) is 3.75. The summed E-state index contributed by atoms with van der Waals surface area (Å²) in [6.07, 6.45) is -0.125. The molecule has 0 saturated carbocycles. The molecule has 18 heavy (non-hydrogen) atoms. The smallest absolute Gasteiger partial charge is 0.218 e. The van der Waals surface area contributed by atoms with E-state index in [1.54, 1.807) is 6.07 Å². The standard InChI is InChI=1S/C11H16N2O3S2/c12-9-3-1-2-4-10(9)17-6-8-18(15,16)7-5-11(13)14/h1-4H,5-8,12H2,(H2,13,14). The van der Waals surface area contributed by atoms with E-state index in [-0.39, 0.29) is 17.9 Å². The molecule has 0 aliphatic carbocycles. The van der Waals surface area contributed by atoms with Crippen molar-refractivity contribution in [3.63, 3.8) is 0 Å². The minimum Gasteiger partial charge on any atom is -0.398 e. The van der Waals surface area contributed by atoms with Gasteiger partial charge in [0.2, 0.25) is 5.91 Å². The molecule has 0 bridgehead atoms. The zero-order valence-electron chi connectivity index (χ0n) is 9.83. The fraction of sp³-hybridized carbons (Fsp3) is 0.364. The van der Waals surface area contributed by atoms with Gasteiger partial charge in [0.05, 0.1) is 11.5 Å². The number of nitrogen functional groups attached to an aromatic ring is 1. The maximum Gasteiger partial charge on any atom is 0.218 e. The van der Waals surface area contributed by atoms with Gasteiger partial charge in [0.25, 0.3) is 0 Å². The van der Waals surface area contributed by atoms with Crippen LogP contribution in [0.1, 0.15) is 6.42 Å². The third kappa shape index (κ3) is 5.42. The predicted molar refractivity (Wildman–Crippen MR) is 74.0 cm³/mol. The SMILES string of the molecule is NC(=O)CCS(=O)(=O)CCSc1ccccc1N. The number of hydrogen-bond acceptors (Lipinski definition) is 5. The molecule has 100 valence electrons. The molecule has 1 aromatic rings. The number of anilines is 1. The molecule has 1 amide bonds. The Bertz CT molecular complexity index is 515. The molecule has 1 aromatic carbocycles. The van der Waals surface area contributed by atoms with Gasteiger partial charge in [-0.2, -0.15) is 0 Å². The van der Waals surface area contributed by atoms with E-state index in [1.165, 1.54) is 11.8 Å². The molecule has 0 heterocycles. The highest BCUT2D eigenvalue weighted by atomic mass is 32.2. The summed E-state index contributed by atoms with van der Waals surface area (Å²) in [4.78, 5) is 11.4. The Morgan fingerprint density at radius 2 is 1.89 bits per heavy atom. The number of primary amides is 1. The monoisotopic (exact) mass is 288 g/mol. The van der Waals surface area contributed by atoms with Crippen molar-refractivity contribution in [1.29, 1.82) is 0 Å². The Labute approximate surface area is 111 Å². The number of rotatable bonds is 7. The highest BCUT2D eigenvalue weighted by Crippen LogP contribution is 2.24. The van der Waals surface area contributed by atoms with Crippen molar-refractivity contribution in [3.05, 3.63) is 24.3 Å². The van der Waals surface area contributed by atoms with Crippen molar-refractivity contribution >= 4 is 33.2 Å². The predicted octanol–water partition coefficient (Wildman–Crippen LogP) is 0.651. The van der Waals surface area contributed by atoms with E-state index in [0.29, 0.717) is 11.4 Å². The quantitative estimate of drug-likeness (QED) is 0.566. The number of thioether (sulfide) groups is 1. The first-order valence-corrected chi connectivity index (χ1v) is 8.17. The zero-order chi connectivity index (χ0) is 13.6. The van der Waals surface area contributed by atoms with Crippen LogP contribution in [0.3, 0.4) is 0 Å². The number of amides is 1. The van der Waals surface area contributed by atoms with Gasteiger partial charge in [-0.25, -0.2) is 8.42 Å². The van der Waals surface area contributed by atoms with Gasteiger partial charge in [0, 0.05) is 22.8 Å². The van der Waals surface area contributed by atoms with E-state index in [4.69, 9.17) is 11.5 Å². The van der Waals surface area contributed by atoms with Crippen LogP contribution in [0.4, 0.5) is 5.69 Å². The molecule has 0 atom stereocenters. The van der Waals surface area contributed by atoms with Gasteiger partial charge in [-0.05, 0) is 12.1 Å². The topological polar surface area (TPSA) is 103 Å². The molecule has 0 aliphatic rings. The minimum absolute atomic E-state index is 0.0132. The number of nitrogens with two attached hydrogens (primary N) is 2. The van der Waals surface area contributed by atoms with E-state index < -0.39 is 15.7 Å². The van der Waals surface area contributed by atoms with Crippen LogP contribution in [0.25, 0.3) is 0 Å². The van der Waals surface area contributed by atoms with Gasteiger partial charge in [0.15, 0.2) is 9.84 Å². The fourth-order valence-electron chi connectivity index (χ4n) is 1.25. The summed E-state index contributed by atoms with van der Waals surface area (Å²) in [7, 11) is -3.22. The molecule has 4 N–H and O–H groups in total. The maximum atomic E-state index is 11.6. The normalized spacial score (nSPS) is 11.3. The Hall–Kier alpha value is -1.21. The molecule has 0 unspecified atom stereocenters. The molecular weight excluding hydrogens is 272 g/mol. The maximum absolute atomic E-state index is 11.6. The summed E-state index contributed by atoms with van der Waals surface area (Å²) < 4.78 is 23.1. The Kier molecular flexibility index (Phi) is 5.49. The summed E-state index contributed by atoms with van der Waals surface area (Å²) in [5, 5.41) is 0. The van der Waals surface area contributed by atoms with Crippen molar-refractivity contribution in [3.8, 4) is 0 Å². The molecule has 5 nitrogen and oxygen atoms in total.